The fraction of sp³-hybridized carbons (Fsp3) is 0.0435. The van der Waals surface area contributed by atoms with Gasteiger partial charge in [0.15, 0.2) is 0 Å². The predicted octanol–water partition coefficient (Wildman–Crippen LogP) is 5.52. The summed E-state index contributed by atoms with van der Waals surface area (Å²) in [5.74, 6) is 0. The van der Waals surface area contributed by atoms with Crippen LogP contribution in [0.15, 0.2) is 84.9 Å². The van der Waals surface area contributed by atoms with Gasteiger partial charge in [0.25, 0.3) is 0 Å². The van der Waals surface area contributed by atoms with E-state index in [2.05, 4.69) is 89.9 Å². The second kappa shape index (κ2) is 5.47. The molecule has 5 aromatic rings. The van der Waals surface area contributed by atoms with Crippen LogP contribution in [-0.2, 0) is 0 Å². The van der Waals surface area contributed by atoms with E-state index in [4.69, 9.17) is 5.73 Å². The molecule has 5 rings (SSSR count). The lowest BCUT2D eigenvalue weighted by Gasteiger charge is -2.15. The van der Waals surface area contributed by atoms with Crippen LogP contribution in [0.25, 0.3) is 32.6 Å². The van der Waals surface area contributed by atoms with Crippen molar-refractivity contribution in [3.63, 3.8) is 0 Å². The first-order valence-electron chi connectivity index (χ1n) is 8.55. The summed E-state index contributed by atoms with van der Waals surface area (Å²) < 4.78 is 0. The third kappa shape index (κ3) is 2.23. The van der Waals surface area contributed by atoms with Crippen LogP contribution in [0.3, 0.4) is 0 Å². The Morgan fingerprint density at radius 3 is 2.28 bits per heavy atom. The summed E-state index contributed by atoms with van der Waals surface area (Å²) >= 11 is 0. The maximum absolute atomic E-state index is 6.68. The Balaban J connectivity index is 1.70. The molecule has 1 atom stereocenters. The Hall–Kier alpha value is -3.10. The maximum Gasteiger partial charge on any atom is 0.0558 e. The number of rotatable bonds is 2. The number of fused-ring (bicyclic) bond motifs is 4. The zero-order valence-electron chi connectivity index (χ0n) is 13.7. The molecule has 0 saturated heterocycles. The zero-order valence-corrected chi connectivity index (χ0v) is 13.7. The van der Waals surface area contributed by atoms with E-state index in [0.29, 0.717) is 0 Å². The van der Waals surface area contributed by atoms with Crippen molar-refractivity contribution >= 4 is 32.6 Å². The lowest BCUT2D eigenvalue weighted by Crippen LogP contribution is -2.12. The van der Waals surface area contributed by atoms with Gasteiger partial charge >= 0.3 is 0 Å². The molecular weight excluding hydrogens is 304 g/mol. The first kappa shape index (κ1) is 14.3. The number of benzene rings is 4. The number of para-hydroxylation sites is 1. The van der Waals surface area contributed by atoms with Gasteiger partial charge in [-0.25, -0.2) is 0 Å². The molecule has 1 unspecified atom stereocenters. The van der Waals surface area contributed by atoms with E-state index in [0.717, 1.165) is 22.2 Å². The van der Waals surface area contributed by atoms with Crippen molar-refractivity contribution in [2.24, 2.45) is 5.73 Å². The normalized spacial score (nSPS) is 12.8. The summed E-state index contributed by atoms with van der Waals surface area (Å²) in [5, 5.41) is 4.91. The van der Waals surface area contributed by atoms with Gasteiger partial charge in [-0.15, -0.1) is 0 Å². The number of H-pyrrole nitrogens is 1. The van der Waals surface area contributed by atoms with Crippen LogP contribution in [0, 0.1) is 0 Å². The third-order valence-electron chi connectivity index (χ3n) is 5.05. The highest BCUT2D eigenvalue weighted by Gasteiger charge is 2.13. The SMILES string of the molecule is NC(c1ccc2[nH]c3ccccc3c2c1)c1cccc2ccccc12. The van der Waals surface area contributed by atoms with Crippen molar-refractivity contribution in [1.82, 2.24) is 4.98 Å². The Bertz CT molecular complexity index is 1210. The van der Waals surface area contributed by atoms with E-state index in [9.17, 15) is 0 Å². The lowest BCUT2D eigenvalue weighted by atomic mass is 9.93. The fourth-order valence-electron chi connectivity index (χ4n) is 3.76. The summed E-state index contributed by atoms with van der Waals surface area (Å²) in [6.07, 6.45) is 0. The lowest BCUT2D eigenvalue weighted by molar-refractivity contribution is 0.883. The van der Waals surface area contributed by atoms with Crippen molar-refractivity contribution in [2.45, 2.75) is 6.04 Å². The van der Waals surface area contributed by atoms with Crippen LogP contribution < -0.4 is 5.73 Å². The summed E-state index contributed by atoms with van der Waals surface area (Å²) in [5.41, 5.74) is 11.3. The van der Waals surface area contributed by atoms with Gasteiger partial charge in [-0.1, -0.05) is 66.7 Å². The first-order chi connectivity index (χ1) is 12.3. The molecule has 2 heteroatoms. The van der Waals surface area contributed by atoms with Gasteiger partial charge in [0.2, 0.25) is 0 Å². The highest BCUT2D eigenvalue weighted by Crippen LogP contribution is 2.31. The molecule has 0 bridgehead atoms. The minimum absolute atomic E-state index is 0.149. The highest BCUT2D eigenvalue weighted by atomic mass is 14.7. The zero-order chi connectivity index (χ0) is 16.8. The largest absolute Gasteiger partial charge is 0.355 e. The molecule has 0 aliphatic heterocycles. The van der Waals surface area contributed by atoms with E-state index in [-0.39, 0.29) is 6.04 Å². The van der Waals surface area contributed by atoms with Gasteiger partial charge in [0.05, 0.1) is 6.04 Å². The Morgan fingerprint density at radius 2 is 1.36 bits per heavy atom. The maximum atomic E-state index is 6.68. The van der Waals surface area contributed by atoms with E-state index in [1.54, 1.807) is 0 Å². The molecule has 0 aliphatic rings. The molecule has 1 aromatic heterocycles. The molecule has 1 heterocycles. The average molecular weight is 322 g/mol. The van der Waals surface area contributed by atoms with Gasteiger partial charge in [0.1, 0.15) is 0 Å². The summed E-state index contributed by atoms with van der Waals surface area (Å²) in [4.78, 5) is 3.47. The fourth-order valence-corrected chi connectivity index (χ4v) is 3.76. The second-order valence-electron chi connectivity index (χ2n) is 6.52. The quantitative estimate of drug-likeness (QED) is 0.441. The van der Waals surface area contributed by atoms with Crippen molar-refractivity contribution in [3.8, 4) is 0 Å². The molecule has 0 fully saturated rings. The molecule has 25 heavy (non-hydrogen) atoms. The topological polar surface area (TPSA) is 41.8 Å². The highest BCUT2D eigenvalue weighted by molar-refractivity contribution is 6.07. The number of aromatic amines is 1. The second-order valence-corrected chi connectivity index (χ2v) is 6.52. The molecule has 2 nitrogen and oxygen atoms in total. The van der Waals surface area contributed by atoms with Crippen LogP contribution in [0.4, 0.5) is 0 Å². The number of nitrogens with one attached hydrogen (secondary N) is 1. The number of nitrogens with two attached hydrogens (primary N) is 1. The van der Waals surface area contributed by atoms with Gasteiger partial charge in [-0.2, -0.15) is 0 Å². The molecule has 0 saturated carbocycles. The van der Waals surface area contributed by atoms with Crippen LogP contribution in [0.2, 0.25) is 0 Å². The number of hydrogen-bond donors (Lipinski definition) is 2. The van der Waals surface area contributed by atoms with Crippen LogP contribution in [-0.4, -0.2) is 4.98 Å². The molecule has 0 radical (unpaired) electrons. The molecule has 120 valence electrons. The first-order valence-corrected chi connectivity index (χ1v) is 8.55. The molecule has 0 amide bonds. The smallest absolute Gasteiger partial charge is 0.0558 e. The molecule has 0 aliphatic carbocycles. The van der Waals surface area contributed by atoms with Gasteiger partial charge in [0, 0.05) is 21.8 Å². The third-order valence-corrected chi connectivity index (χ3v) is 5.05. The monoisotopic (exact) mass is 322 g/mol. The van der Waals surface area contributed by atoms with Crippen LogP contribution in [0.1, 0.15) is 17.2 Å². The minimum Gasteiger partial charge on any atom is -0.355 e. The number of aromatic nitrogens is 1. The average Bonchev–Trinajstić information content (AvgIpc) is 3.05. The van der Waals surface area contributed by atoms with Gasteiger partial charge in [-0.3, -0.25) is 0 Å². The molecular formula is C23H18N2. The van der Waals surface area contributed by atoms with E-state index in [1.807, 2.05) is 0 Å². The number of hydrogen-bond acceptors (Lipinski definition) is 1. The minimum atomic E-state index is -0.149. The Kier molecular flexibility index (Phi) is 3.12. The Labute approximate surface area is 145 Å². The molecule has 4 aromatic carbocycles. The summed E-state index contributed by atoms with van der Waals surface area (Å²) in [6.45, 7) is 0. The van der Waals surface area contributed by atoms with Gasteiger partial charge in [-0.05, 0) is 40.1 Å². The summed E-state index contributed by atoms with van der Waals surface area (Å²) in [6, 6.07) is 29.5. The Morgan fingerprint density at radius 1 is 0.640 bits per heavy atom. The standard InChI is InChI=1S/C23H18N2/c24-23(19-10-5-7-15-6-1-2-8-17(15)19)16-12-13-22-20(14-16)18-9-3-4-11-21(18)25-22/h1-14,23,25H,24H2. The van der Waals surface area contributed by atoms with Gasteiger partial charge < -0.3 is 10.7 Å². The predicted molar refractivity (Wildman–Crippen MR) is 106 cm³/mol. The van der Waals surface area contributed by atoms with Crippen molar-refractivity contribution in [2.75, 3.05) is 0 Å². The van der Waals surface area contributed by atoms with Crippen molar-refractivity contribution in [3.05, 3.63) is 96.1 Å². The van der Waals surface area contributed by atoms with Crippen molar-refractivity contribution in [1.29, 1.82) is 0 Å². The van der Waals surface area contributed by atoms with E-state index >= 15 is 0 Å². The van der Waals surface area contributed by atoms with Crippen molar-refractivity contribution < 1.29 is 0 Å². The van der Waals surface area contributed by atoms with Crippen LogP contribution in [0.5, 0.6) is 0 Å². The van der Waals surface area contributed by atoms with E-state index < -0.39 is 0 Å². The summed E-state index contributed by atoms with van der Waals surface area (Å²) in [7, 11) is 0. The molecule has 0 spiro atoms. The molecule has 3 N–H and O–H groups in total. The van der Waals surface area contributed by atoms with Crippen LogP contribution >= 0.6 is 0 Å². The van der Waals surface area contributed by atoms with E-state index in [1.165, 1.54) is 21.5 Å².